The molecule has 1 aromatic carbocycles. The van der Waals surface area contributed by atoms with Crippen LogP contribution in [0.1, 0.15) is 25.3 Å². The molecule has 1 saturated heterocycles. The molecule has 132 valence electrons. The number of ether oxygens (including phenoxy) is 1. The first-order valence-electron chi connectivity index (χ1n) is 8.20. The number of carbonyl (C=O) groups excluding carboxylic acids is 2. The molecule has 24 heavy (non-hydrogen) atoms. The molecule has 1 heterocycles. The number of nitrogens with zero attached hydrogens (tertiary/aromatic N) is 1. The third-order valence-electron chi connectivity index (χ3n) is 4.39. The van der Waals surface area contributed by atoms with E-state index in [1.54, 1.807) is 30.0 Å². The zero-order valence-corrected chi connectivity index (χ0v) is 15.0. The van der Waals surface area contributed by atoms with E-state index in [4.69, 9.17) is 4.74 Å². The fraction of sp³-hybridized carbons (Fsp3) is 0.556. The number of hydrogen-bond donors (Lipinski definition) is 0. The van der Waals surface area contributed by atoms with Crippen LogP contribution in [0.4, 0.5) is 4.39 Å². The highest BCUT2D eigenvalue weighted by Gasteiger charge is 2.45. The van der Waals surface area contributed by atoms with E-state index in [0.717, 1.165) is 0 Å². The fourth-order valence-electron chi connectivity index (χ4n) is 3.23. The van der Waals surface area contributed by atoms with Crippen LogP contribution in [0, 0.1) is 11.2 Å². The van der Waals surface area contributed by atoms with Crippen molar-refractivity contribution in [2.24, 2.45) is 5.41 Å². The molecule has 1 atom stereocenters. The van der Waals surface area contributed by atoms with Gasteiger partial charge in [0.05, 0.1) is 17.8 Å². The number of carbonyl (C=O) groups is 2. The smallest absolute Gasteiger partial charge is 0.314 e. The summed E-state index contributed by atoms with van der Waals surface area (Å²) in [6, 6.07) is 6.48. The first kappa shape index (κ1) is 18.8. The van der Waals surface area contributed by atoms with Crippen molar-refractivity contribution in [3.8, 4) is 0 Å². The normalized spacial score (nSPS) is 20.7. The Morgan fingerprint density at radius 3 is 2.79 bits per heavy atom. The average molecular weight is 353 g/mol. The third-order valence-corrected chi connectivity index (χ3v) is 4.93. The molecular weight excluding hydrogens is 329 g/mol. The summed E-state index contributed by atoms with van der Waals surface area (Å²) in [4.78, 5) is 26.7. The predicted molar refractivity (Wildman–Crippen MR) is 93.4 cm³/mol. The molecule has 1 aromatic rings. The van der Waals surface area contributed by atoms with E-state index in [9.17, 15) is 14.0 Å². The van der Waals surface area contributed by atoms with Crippen molar-refractivity contribution < 1.29 is 18.7 Å². The second-order valence-corrected chi connectivity index (χ2v) is 6.99. The Hall–Kier alpha value is -1.56. The molecule has 0 aromatic heterocycles. The number of amides is 1. The largest absolute Gasteiger partial charge is 0.466 e. The lowest BCUT2D eigenvalue weighted by atomic mass is 9.75. The van der Waals surface area contributed by atoms with Crippen LogP contribution < -0.4 is 0 Å². The van der Waals surface area contributed by atoms with E-state index >= 15 is 0 Å². The van der Waals surface area contributed by atoms with Gasteiger partial charge in [-0.2, -0.15) is 11.8 Å². The summed E-state index contributed by atoms with van der Waals surface area (Å²) in [6.07, 6.45) is 3.44. The molecule has 0 aliphatic carbocycles. The number of rotatable bonds is 6. The Balaban J connectivity index is 2.28. The molecule has 1 aliphatic heterocycles. The number of likely N-dealkylation sites (tertiary alicyclic amines) is 1. The first-order valence-corrected chi connectivity index (χ1v) is 9.59. The van der Waals surface area contributed by atoms with E-state index in [2.05, 4.69) is 0 Å². The lowest BCUT2D eigenvalue weighted by Crippen LogP contribution is -2.52. The van der Waals surface area contributed by atoms with Gasteiger partial charge in [0, 0.05) is 13.1 Å². The molecule has 4 nitrogen and oxygen atoms in total. The highest BCUT2D eigenvalue weighted by Crippen LogP contribution is 2.36. The highest BCUT2D eigenvalue weighted by molar-refractivity contribution is 7.99. The van der Waals surface area contributed by atoms with Crippen LogP contribution >= 0.6 is 11.8 Å². The highest BCUT2D eigenvalue weighted by atomic mass is 32.2. The lowest BCUT2D eigenvalue weighted by Gasteiger charge is -2.41. The van der Waals surface area contributed by atoms with Crippen molar-refractivity contribution in [3.05, 3.63) is 35.6 Å². The Bertz CT molecular complexity index is 595. The van der Waals surface area contributed by atoms with Gasteiger partial charge in [-0.15, -0.1) is 0 Å². The number of halogens is 1. The van der Waals surface area contributed by atoms with Crippen LogP contribution in [-0.2, 0) is 20.7 Å². The standard InChI is InChI=1S/C18H24FNO3S/c1-3-23-17(22)18(11-14-7-4-5-8-15(14)19)9-6-10-20(13-18)16(21)12-24-2/h4-5,7-8H,3,6,9-13H2,1-2H3/t18-/m1/s1. The molecule has 0 saturated carbocycles. The van der Waals surface area contributed by atoms with Crippen molar-refractivity contribution in [1.29, 1.82) is 0 Å². The maximum absolute atomic E-state index is 14.1. The molecule has 0 radical (unpaired) electrons. The van der Waals surface area contributed by atoms with Crippen LogP contribution in [0.15, 0.2) is 24.3 Å². The molecule has 2 rings (SSSR count). The summed E-state index contributed by atoms with van der Waals surface area (Å²) < 4.78 is 19.4. The Morgan fingerprint density at radius 1 is 1.38 bits per heavy atom. The zero-order valence-electron chi connectivity index (χ0n) is 14.2. The second kappa shape index (κ2) is 8.51. The lowest BCUT2D eigenvalue weighted by molar-refractivity contribution is -0.160. The third kappa shape index (κ3) is 4.29. The molecule has 0 spiro atoms. The van der Waals surface area contributed by atoms with E-state index in [0.29, 0.717) is 37.2 Å². The van der Waals surface area contributed by atoms with E-state index in [1.807, 2.05) is 6.26 Å². The maximum Gasteiger partial charge on any atom is 0.314 e. The van der Waals surface area contributed by atoms with Gasteiger partial charge < -0.3 is 9.64 Å². The Kier molecular flexibility index (Phi) is 6.66. The van der Waals surface area contributed by atoms with Gasteiger partial charge in [0.15, 0.2) is 0 Å². The second-order valence-electron chi connectivity index (χ2n) is 6.12. The fourth-order valence-corrected chi connectivity index (χ4v) is 3.66. The molecule has 6 heteroatoms. The van der Waals surface area contributed by atoms with Crippen molar-refractivity contribution >= 4 is 23.6 Å². The number of thioether (sulfide) groups is 1. The van der Waals surface area contributed by atoms with Gasteiger partial charge in [-0.3, -0.25) is 9.59 Å². The van der Waals surface area contributed by atoms with E-state index in [-0.39, 0.29) is 30.7 Å². The quantitative estimate of drug-likeness (QED) is 0.738. The van der Waals surface area contributed by atoms with Crippen molar-refractivity contribution in [3.63, 3.8) is 0 Å². The summed E-state index contributed by atoms with van der Waals surface area (Å²) >= 11 is 1.46. The SMILES string of the molecule is CCOC(=O)[C@@]1(Cc2ccccc2F)CCCN(C(=O)CSC)C1. The number of benzene rings is 1. The van der Waals surface area contributed by atoms with Crippen molar-refractivity contribution in [1.82, 2.24) is 4.90 Å². The Labute approximate surface area is 146 Å². The van der Waals surface area contributed by atoms with Gasteiger partial charge >= 0.3 is 5.97 Å². The zero-order chi connectivity index (χ0) is 17.6. The van der Waals surface area contributed by atoms with Gasteiger partial charge in [0.2, 0.25) is 5.91 Å². The minimum absolute atomic E-state index is 0.0180. The number of hydrogen-bond acceptors (Lipinski definition) is 4. The van der Waals surface area contributed by atoms with E-state index < -0.39 is 5.41 Å². The summed E-state index contributed by atoms with van der Waals surface area (Å²) in [5.74, 6) is -0.258. The first-order chi connectivity index (χ1) is 11.5. The van der Waals surface area contributed by atoms with Gasteiger partial charge in [-0.25, -0.2) is 4.39 Å². The van der Waals surface area contributed by atoms with Crippen LogP contribution in [0.5, 0.6) is 0 Å². The van der Waals surface area contributed by atoms with Gasteiger partial charge in [-0.05, 0) is 44.1 Å². The summed E-state index contributed by atoms with van der Waals surface area (Å²) in [7, 11) is 0. The predicted octanol–water partition coefficient (Wildman–Crippen LogP) is 2.90. The van der Waals surface area contributed by atoms with Crippen molar-refractivity contribution in [2.45, 2.75) is 26.2 Å². The summed E-state index contributed by atoms with van der Waals surface area (Å²) in [5.41, 5.74) is -0.380. The minimum Gasteiger partial charge on any atom is -0.466 e. The molecule has 0 bridgehead atoms. The average Bonchev–Trinajstić information content (AvgIpc) is 2.57. The molecule has 0 unspecified atom stereocenters. The van der Waals surface area contributed by atoms with Crippen LogP contribution in [-0.4, -0.2) is 48.5 Å². The molecule has 0 N–H and O–H groups in total. The Morgan fingerprint density at radius 2 is 2.12 bits per heavy atom. The summed E-state index contributed by atoms with van der Waals surface area (Å²) in [5, 5.41) is 0. The number of piperidine rings is 1. The van der Waals surface area contributed by atoms with E-state index in [1.165, 1.54) is 17.8 Å². The molecule has 1 amide bonds. The molecule has 1 fully saturated rings. The van der Waals surface area contributed by atoms with Crippen molar-refractivity contribution in [2.75, 3.05) is 31.7 Å². The van der Waals surface area contributed by atoms with Gasteiger partial charge in [0.1, 0.15) is 5.82 Å². The topological polar surface area (TPSA) is 46.6 Å². The van der Waals surface area contributed by atoms with Crippen LogP contribution in [0.2, 0.25) is 0 Å². The van der Waals surface area contributed by atoms with Crippen LogP contribution in [0.25, 0.3) is 0 Å². The van der Waals surface area contributed by atoms with Gasteiger partial charge in [-0.1, -0.05) is 18.2 Å². The van der Waals surface area contributed by atoms with Gasteiger partial charge in [0.25, 0.3) is 0 Å². The number of esters is 1. The molecule has 1 aliphatic rings. The minimum atomic E-state index is -0.871. The molecular formula is C18H24FNO3S. The van der Waals surface area contributed by atoms with Crippen LogP contribution in [0.3, 0.4) is 0 Å². The monoisotopic (exact) mass is 353 g/mol. The maximum atomic E-state index is 14.1. The summed E-state index contributed by atoms with van der Waals surface area (Å²) in [6.45, 7) is 2.96.